The van der Waals surface area contributed by atoms with Crippen molar-refractivity contribution >= 4 is 29.1 Å². The summed E-state index contributed by atoms with van der Waals surface area (Å²) in [6, 6.07) is 4.82. The van der Waals surface area contributed by atoms with Gasteiger partial charge in [0.1, 0.15) is 5.75 Å². The summed E-state index contributed by atoms with van der Waals surface area (Å²) in [5.41, 5.74) is 0. The number of aliphatic hydroxyl groups excluding tert-OH is 1. The van der Waals surface area contributed by atoms with Crippen molar-refractivity contribution in [3.63, 3.8) is 0 Å². The fraction of sp³-hybridized carbons (Fsp3) is 0.462. The lowest BCUT2D eigenvalue weighted by Crippen LogP contribution is -2.36. The van der Waals surface area contributed by atoms with E-state index in [1.807, 2.05) is 6.92 Å². The van der Waals surface area contributed by atoms with Crippen molar-refractivity contribution in [2.24, 2.45) is 0 Å². The molecule has 106 valence electrons. The minimum Gasteiger partial charge on any atom is -0.482 e. The molecule has 0 aliphatic heterocycles. The van der Waals surface area contributed by atoms with Gasteiger partial charge in [0.2, 0.25) is 0 Å². The second kappa shape index (κ2) is 8.25. The van der Waals surface area contributed by atoms with Crippen molar-refractivity contribution in [2.45, 2.75) is 25.8 Å². The molecule has 1 aromatic carbocycles. The first-order valence-corrected chi connectivity index (χ1v) is 6.76. The Hall–Kier alpha value is -0.970. The molecule has 1 aromatic rings. The molecule has 1 unspecified atom stereocenters. The van der Waals surface area contributed by atoms with E-state index in [9.17, 15) is 4.79 Å². The Morgan fingerprint density at radius 3 is 2.89 bits per heavy atom. The van der Waals surface area contributed by atoms with E-state index in [4.69, 9.17) is 33.0 Å². The van der Waals surface area contributed by atoms with Gasteiger partial charge in [-0.2, -0.15) is 0 Å². The van der Waals surface area contributed by atoms with E-state index >= 15 is 0 Å². The number of hydrogen-bond acceptors (Lipinski definition) is 3. The van der Waals surface area contributed by atoms with Gasteiger partial charge in [-0.05, 0) is 31.9 Å². The van der Waals surface area contributed by atoms with Crippen molar-refractivity contribution in [1.82, 2.24) is 5.32 Å². The van der Waals surface area contributed by atoms with Gasteiger partial charge in [0.15, 0.2) is 6.61 Å². The Morgan fingerprint density at radius 1 is 1.47 bits per heavy atom. The van der Waals surface area contributed by atoms with Crippen LogP contribution in [0.4, 0.5) is 0 Å². The molecular weight excluding hydrogens is 289 g/mol. The van der Waals surface area contributed by atoms with Crippen LogP contribution in [0.3, 0.4) is 0 Å². The first-order valence-electron chi connectivity index (χ1n) is 6.01. The van der Waals surface area contributed by atoms with Crippen LogP contribution in [-0.2, 0) is 4.79 Å². The largest absolute Gasteiger partial charge is 0.482 e. The van der Waals surface area contributed by atoms with Gasteiger partial charge in [0.05, 0.1) is 5.02 Å². The van der Waals surface area contributed by atoms with Crippen molar-refractivity contribution in [2.75, 3.05) is 13.2 Å². The third-order valence-corrected chi connectivity index (χ3v) is 3.00. The van der Waals surface area contributed by atoms with Crippen LogP contribution in [0.15, 0.2) is 18.2 Å². The fourth-order valence-corrected chi connectivity index (χ4v) is 1.85. The summed E-state index contributed by atoms with van der Waals surface area (Å²) >= 11 is 11.7. The van der Waals surface area contributed by atoms with Gasteiger partial charge in [0, 0.05) is 23.7 Å². The van der Waals surface area contributed by atoms with Gasteiger partial charge in [0.25, 0.3) is 5.91 Å². The summed E-state index contributed by atoms with van der Waals surface area (Å²) < 4.78 is 5.31. The summed E-state index contributed by atoms with van der Waals surface area (Å²) in [6.45, 7) is 1.87. The zero-order valence-corrected chi connectivity index (χ0v) is 12.2. The topological polar surface area (TPSA) is 58.6 Å². The summed E-state index contributed by atoms with van der Waals surface area (Å²) in [5, 5.41) is 12.4. The van der Waals surface area contributed by atoms with Gasteiger partial charge < -0.3 is 15.2 Å². The lowest BCUT2D eigenvalue weighted by atomic mass is 10.2. The standard InChI is InChI=1S/C13H17Cl2NO3/c1-9(3-2-6-17)16-13(18)8-19-12-7-10(14)4-5-11(12)15/h4-5,7,9,17H,2-3,6,8H2,1H3,(H,16,18). The Morgan fingerprint density at radius 2 is 2.21 bits per heavy atom. The highest BCUT2D eigenvalue weighted by atomic mass is 35.5. The highest BCUT2D eigenvalue weighted by molar-refractivity contribution is 6.34. The molecule has 4 nitrogen and oxygen atoms in total. The summed E-state index contributed by atoms with van der Waals surface area (Å²) in [6.07, 6.45) is 1.38. The van der Waals surface area contributed by atoms with E-state index < -0.39 is 0 Å². The first kappa shape index (κ1) is 16.1. The summed E-state index contributed by atoms with van der Waals surface area (Å²) in [4.78, 5) is 11.6. The number of amides is 1. The lowest BCUT2D eigenvalue weighted by Gasteiger charge is -2.14. The van der Waals surface area contributed by atoms with Crippen molar-refractivity contribution in [3.05, 3.63) is 28.2 Å². The number of benzene rings is 1. The van der Waals surface area contributed by atoms with Crippen LogP contribution in [0.5, 0.6) is 5.75 Å². The smallest absolute Gasteiger partial charge is 0.258 e. The molecule has 0 aromatic heterocycles. The average molecular weight is 306 g/mol. The second-order valence-corrected chi connectivity index (χ2v) is 5.04. The van der Waals surface area contributed by atoms with Crippen LogP contribution in [-0.4, -0.2) is 30.3 Å². The molecule has 0 radical (unpaired) electrons. The van der Waals surface area contributed by atoms with E-state index in [0.29, 0.717) is 22.2 Å². The normalized spacial score (nSPS) is 12.0. The van der Waals surface area contributed by atoms with Crippen molar-refractivity contribution in [3.8, 4) is 5.75 Å². The predicted octanol–water partition coefficient (Wildman–Crippen LogP) is 2.65. The molecule has 0 bridgehead atoms. The highest BCUT2D eigenvalue weighted by Gasteiger charge is 2.09. The Balaban J connectivity index is 2.39. The lowest BCUT2D eigenvalue weighted by molar-refractivity contribution is -0.123. The maximum atomic E-state index is 11.6. The van der Waals surface area contributed by atoms with Gasteiger partial charge in [-0.15, -0.1) is 0 Å². The number of rotatable bonds is 7. The molecule has 0 heterocycles. The van der Waals surface area contributed by atoms with Crippen molar-refractivity contribution < 1.29 is 14.6 Å². The number of ether oxygens (including phenoxy) is 1. The van der Waals surface area contributed by atoms with Crippen molar-refractivity contribution in [1.29, 1.82) is 0 Å². The molecule has 0 saturated carbocycles. The SMILES string of the molecule is CC(CCCO)NC(=O)COc1cc(Cl)ccc1Cl. The molecule has 19 heavy (non-hydrogen) atoms. The van der Waals surface area contributed by atoms with E-state index in [1.165, 1.54) is 0 Å². The molecule has 0 aliphatic rings. The van der Waals surface area contributed by atoms with Crippen LogP contribution in [0, 0.1) is 0 Å². The zero-order chi connectivity index (χ0) is 14.3. The highest BCUT2D eigenvalue weighted by Crippen LogP contribution is 2.27. The first-order chi connectivity index (χ1) is 9.02. The third-order valence-electron chi connectivity index (χ3n) is 2.45. The second-order valence-electron chi connectivity index (χ2n) is 4.20. The maximum absolute atomic E-state index is 11.6. The van der Waals surface area contributed by atoms with Gasteiger partial charge >= 0.3 is 0 Å². The predicted molar refractivity (Wildman–Crippen MR) is 75.9 cm³/mol. The van der Waals surface area contributed by atoms with Crippen LogP contribution in [0.25, 0.3) is 0 Å². The number of halogens is 2. The number of hydrogen-bond donors (Lipinski definition) is 2. The summed E-state index contributed by atoms with van der Waals surface area (Å²) in [5.74, 6) is 0.147. The zero-order valence-electron chi connectivity index (χ0n) is 10.7. The van der Waals surface area contributed by atoms with E-state index in [1.54, 1.807) is 18.2 Å². The van der Waals surface area contributed by atoms with Crippen LogP contribution < -0.4 is 10.1 Å². The quantitative estimate of drug-likeness (QED) is 0.814. The number of aliphatic hydroxyl groups is 1. The Labute approximate surface area is 122 Å². The fourth-order valence-electron chi connectivity index (χ4n) is 1.52. The molecule has 6 heteroatoms. The minimum absolute atomic E-state index is 0.00177. The monoisotopic (exact) mass is 305 g/mol. The molecule has 0 saturated heterocycles. The number of nitrogens with one attached hydrogen (secondary N) is 1. The number of carbonyl (C=O) groups excluding carboxylic acids is 1. The minimum atomic E-state index is -0.235. The Kier molecular flexibility index (Phi) is 6.99. The summed E-state index contributed by atoms with van der Waals surface area (Å²) in [7, 11) is 0. The molecule has 0 fully saturated rings. The van der Waals surface area contributed by atoms with Gasteiger partial charge in [-0.3, -0.25) is 4.79 Å². The van der Waals surface area contributed by atoms with Crippen LogP contribution >= 0.6 is 23.2 Å². The van der Waals surface area contributed by atoms with Gasteiger partial charge in [-0.25, -0.2) is 0 Å². The molecule has 1 amide bonds. The molecule has 2 N–H and O–H groups in total. The van der Waals surface area contributed by atoms with E-state index in [-0.39, 0.29) is 25.2 Å². The van der Waals surface area contributed by atoms with Crippen LogP contribution in [0.1, 0.15) is 19.8 Å². The van der Waals surface area contributed by atoms with E-state index in [2.05, 4.69) is 5.32 Å². The molecule has 0 aliphatic carbocycles. The number of carbonyl (C=O) groups is 1. The molecular formula is C13H17Cl2NO3. The van der Waals surface area contributed by atoms with Crippen LogP contribution in [0.2, 0.25) is 10.0 Å². The third kappa shape index (κ3) is 6.14. The van der Waals surface area contributed by atoms with Gasteiger partial charge in [-0.1, -0.05) is 23.2 Å². The molecule has 1 rings (SSSR count). The average Bonchev–Trinajstić information content (AvgIpc) is 2.37. The maximum Gasteiger partial charge on any atom is 0.258 e. The molecule has 0 spiro atoms. The Bertz CT molecular complexity index is 426. The van der Waals surface area contributed by atoms with E-state index in [0.717, 1.165) is 6.42 Å². The molecule has 1 atom stereocenters.